The molecule has 7 nitrogen and oxygen atoms in total. The molecule has 1 amide bonds. The van der Waals surface area contributed by atoms with Crippen molar-refractivity contribution in [3.63, 3.8) is 0 Å². The Morgan fingerprint density at radius 3 is 3.09 bits per heavy atom. The fraction of sp³-hybridized carbons (Fsp3) is 0.533. The molecular formula is C15H21N5O2. The predicted octanol–water partition coefficient (Wildman–Crippen LogP) is 1.37. The summed E-state index contributed by atoms with van der Waals surface area (Å²) in [6.07, 6.45) is 5.75. The average Bonchev–Trinajstić information content (AvgIpc) is 3.14. The molecule has 0 atom stereocenters. The second-order valence-corrected chi connectivity index (χ2v) is 5.64. The molecule has 0 saturated heterocycles. The lowest BCUT2D eigenvalue weighted by Gasteiger charge is -2.09. The number of nitrogens with one attached hydrogen (secondary N) is 2. The number of hydrogen-bond donors (Lipinski definition) is 2. The van der Waals surface area contributed by atoms with E-state index in [1.807, 2.05) is 11.5 Å². The first-order valence-corrected chi connectivity index (χ1v) is 7.51. The first kappa shape index (κ1) is 14.8. The van der Waals surface area contributed by atoms with Gasteiger partial charge >= 0.3 is 0 Å². The predicted molar refractivity (Wildman–Crippen MR) is 80.6 cm³/mol. The number of aryl methyl sites for hydroxylation is 1. The molecule has 0 aromatic carbocycles. The zero-order chi connectivity index (χ0) is 15.5. The lowest BCUT2D eigenvalue weighted by molar-refractivity contribution is 0.0948. The molecule has 118 valence electrons. The van der Waals surface area contributed by atoms with Crippen molar-refractivity contribution >= 4 is 5.91 Å². The van der Waals surface area contributed by atoms with E-state index in [-0.39, 0.29) is 5.91 Å². The van der Waals surface area contributed by atoms with Crippen molar-refractivity contribution in [2.45, 2.75) is 38.8 Å². The quantitative estimate of drug-likeness (QED) is 0.809. The molecule has 1 fully saturated rings. The molecule has 0 unspecified atom stereocenters. The minimum atomic E-state index is -0.0763. The molecule has 3 rings (SSSR count). The van der Waals surface area contributed by atoms with Gasteiger partial charge in [0.25, 0.3) is 5.91 Å². The van der Waals surface area contributed by atoms with Crippen LogP contribution in [0.15, 0.2) is 12.5 Å². The highest BCUT2D eigenvalue weighted by molar-refractivity contribution is 5.96. The number of rotatable bonds is 7. The summed E-state index contributed by atoms with van der Waals surface area (Å²) < 4.78 is 7.05. The summed E-state index contributed by atoms with van der Waals surface area (Å²) >= 11 is 0. The summed E-state index contributed by atoms with van der Waals surface area (Å²) in [6.45, 7) is 3.66. The van der Waals surface area contributed by atoms with E-state index >= 15 is 0 Å². The summed E-state index contributed by atoms with van der Waals surface area (Å²) in [5.74, 6) is 0.366. The molecule has 0 radical (unpaired) electrons. The smallest absolute Gasteiger partial charge is 0.255 e. The van der Waals surface area contributed by atoms with Gasteiger partial charge in [-0.1, -0.05) is 0 Å². The van der Waals surface area contributed by atoms with E-state index in [0.29, 0.717) is 24.6 Å². The zero-order valence-corrected chi connectivity index (χ0v) is 12.9. The van der Waals surface area contributed by atoms with Crippen molar-refractivity contribution in [1.82, 2.24) is 25.1 Å². The van der Waals surface area contributed by atoms with Crippen molar-refractivity contribution in [3.05, 3.63) is 35.2 Å². The highest BCUT2D eigenvalue weighted by Gasteiger charge is 2.31. The van der Waals surface area contributed by atoms with Crippen molar-refractivity contribution in [2.75, 3.05) is 13.7 Å². The number of aromatic nitrogens is 4. The van der Waals surface area contributed by atoms with Gasteiger partial charge in [-0.3, -0.25) is 9.89 Å². The van der Waals surface area contributed by atoms with Gasteiger partial charge in [-0.25, -0.2) is 4.98 Å². The van der Waals surface area contributed by atoms with E-state index in [0.717, 1.165) is 36.5 Å². The Hall–Kier alpha value is -2.15. The third-order valence-electron chi connectivity index (χ3n) is 3.93. The van der Waals surface area contributed by atoms with Crippen LogP contribution in [-0.2, 0) is 17.8 Å². The van der Waals surface area contributed by atoms with Gasteiger partial charge in [0.1, 0.15) is 0 Å². The normalized spacial score (nSPS) is 14.3. The number of hydrogen-bond acceptors (Lipinski definition) is 4. The summed E-state index contributed by atoms with van der Waals surface area (Å²) in [5.41, 5.74) is 3.39. The van der Waals surface area contributed by atoms with Gasteiger partial charge in [-0.05, 0) is 19.8 Å². The molecule has 2 aromatic heterocycles. The standard InChI is InChI=1S/C15H21N5O2/c1-10-13(14(19-18-10)11-3-4-11)15(21)17-8-12-7-16-9-20(12)5-6-22-2/h7,9,11H,3-6,8H2,1-2H3,(H,17,21)(H,18,19). The second-order valence-electron chi connectivity index (χ2n) is 5.64. The van der Waals surface area contributed by atoms with E-state index in [1.54, 1.807) is 19.6 Å². The van der Waals surface area contributed by atoms with Crippen LogP contribution in [-0.4, -0.2) is 39.4 Å². The molecule has 1 aliphatic carbocycles. The van der Waals surface area contributed by atoms with E-state index in [9.17, 15) is 4.79 Å². The van der Waals surface area contributed by atoms with Crippen LogP contribution in [0.3, 0.4) is 0 Å². The summed E-state index contributed by atoms with van der Waals surface area (Å²) in [5, 5.41) is 10.2. The van der Waals surface area contributed by atoms with Crippen LogP contribution >= 0.6 is 0 Å². The largest absolute Gasteiger partial charge is 0.383 e. The minimum absolute atomic E-state index is 0.0763. The maximum atomic E-state index is 12.5. The fourth-order valence-corrected chi connectivity index (χ4v) is 2.53. The van der Waals surface area contributed by atoms with Crippen LogP contribution in [0, 0.1) is 6.92 Å². The number of aromatic amines is 1. The van der Waals surface area contributed by atoms with Crippen molar-refractivity contribution in [2.24, 2.45) is 0 Å². The number of carbonyl (C=O) groups is 1. The Labute approximate surface area is 129 Å². The summed E-state index contributed by atoms with van der Waals surface area (Å²) in [4.78, 5) is 16.6. The van der Waals surface area contributed by atoms with Gasteiger partial charge in [0, 0.05) is 31.5 Å². The number of carbonyl (C=O) groups excluding carboxylic acids is 1. The lowest BCUT2D eigenvalue weighted by atomic mass is 10.1. The lowest BCUT2D eigenvalue weighted by Crippen LogP contribution is -2.25. The fourth-order valence-electron chi connectivity index (χ4n) is 2.53. The molecule has 22 heavy (non-hydrogen) atoms. The average molecular weight is 303 g/mol. The molecule has 7 heteroatoms. The van der Waals surface area contributed by atoms with Crippen LogP contribution in [0.2, 0.25) is 0 Å². The molecular weight excluding hydrogens is 282 g/mol. The van der Waals surface area contributed by atoms with E-state index in [4.69, 9.17) is 4.74 Å². The molecule has 2 N–H and O–H groups in total. The number of amides is 1. The number of H-pyrrole nitrogens is 1. The molecule has 1 aliphatic rings. The third kappa shape index (κ3) is 3.04. The Bertz CT molecular complexity index is 657. The topological polar surface area (TPSA) is 84.8 Å². The van der Waals surface area contributed by atoms with Crippen LogP contribution in [0.5, 0.6) is 0 Å². The SMILES string of the molecule is COCCn1cncc1CNC(=O)c1c(C2CC2)n[nH]c1C. The molecule has 0 aliphatic heterocycles. The Morgan fingerprint density at radius 2 is 2.36 bits per heavy atom. The zero-order valence-electron chi connectivity index (χ0n) is 12.9. The highest BCUT2D eigenvalue weighted by atomic mass is 16.5. The van der Waals surface area contributed by atoms with Crippen LogP contribution in [0.25, 0.3) is 0 Å². The van der Waals surface area contributed by atoms with Crippen LogP contribution in [0.1, 0.15) is 46.2 Å². The van der Waals surface area contributed by atoms with E-state index in [1.165, 1.54) is 0 Å². The van der Waals surface area contributed by atoms with Crippen molar-refractivity contribution < 1.29 is 9.53 Å². The van der Waals surface area contributed by atoms with Crippen molar-refractivity contribution in [3.8, 4) is 0 Å². The van der Waals surface area contributed by atoms with Gasteiger partial charge < -0.3 is 14.6 Å². The second kappa shape index (κ2) is 6.31. The van der Waals surface area contributed by atoms with Crippen molar-refractivity contribution in [1.29, 1.82) is 0 Å². The minimum Gasteiger partial charge on any atom is -0.383 e. The molecule has 0 bridgehead atoms. The molecule has 2 aromatic rings. The monoisotopic (exact) mass is 303 g/mol. The third-order valence-corrected chi connectivity index (χ3v) is 3.93. The van der Waals surface area contributed by atoms with Gasteiger partial charge in [0.05, 0.1) is 36.4 Å². The molecule has 2 heterocycles. The van der Waals surface area contributed by atoms with Gasteiger partial charge in [-0.15, -0.1) is 0 Å². The number of nitrogens with zero attached hydrogens (tertiary/aromatic N) is 3. The first-order chi connectivity index (χ1) is 10.7. The van der Waals surface area contributed by atoms with Gasteiger partial charge in [-0.2, -0.15) is 5.10 Å². The first-order valence-electron chi connectivity index (χ1n) is 7.51. The molecule has 0 spiro atoms. The summed E-state index contributed by atoms with van der Waals surface area (Å²) in [6, 6.07) is 0. The Balaban J connectivity index is 1.65. The number of imidazole rings is 1. The van der Waals surface area contributed by atoms with Crippen LogP contribution in [0.4, 0.5) is 0 Å². The van der Waals surface area contributed by atoms with Gasteiger partial charge in [0.2, 0.25) is 0 Å². The van der Waals surface area contributed by atoms with E-state index in [2.05, 4.69) is 20.5 Å². The molecule has 1 saturated carbocycles. The number of ether oxygens (including phenoxy) is 1. The maximum Gasteiger partial charge on any atom is 0.255 e. The summed E-state index contributed by atoms with van der Waals surface area (Å²) in [7, 11) is 1.67. The highest BCUT2D eigenvalue weighted by Crippen LogP contribution is 2.41. The maximum absolute atomic E-state index is 12.5. The van der Waals surface area contributed by atoms with Gasteiger partial charge in [0.15, 0.2) is 0 Å². The number of methoxy groups -OCH3 is 1. The van der Waals surface area contributed by atoms with Crippen LogP contribution < -0.4 is 5.32 Å². The Kier molecular flexibility index (Phi) is 4.24. The Morgan fingerprint density at radius 1 is 1.55 bits per heavy atom. The van der Waals surface area contributed by atoms with E-state index < -0.39 is 0 Å².